The lowest BCUT2D eigenvalue weighted by molar-refractivity contribution is 0.0969. The number of carbonyl (C=O) groups excluding carboxylic acids is 1. The Morgan fingerprint density at radius 1 is 1.15 bits per heavy atom. The number of carbonyl (C=O) groups is 1. The summed E-state index contributed by atoms with van der Waals surface area (Å²) in [5.74, 6) is -0.320. The predicted octanol–water partition coefficient (Wildman–Crippen LogP) is 2.39. The second-order valence-corrected chi connectivity index (χ2v) is 9.09. The van der Waals surface area contributed by atoms with E-state index in [9.17, 15) is 14.4 Å². The molecule has 0 amide bonds. The number of Topliss-reactive ketones (excluding diaryl/α,β-unsaturated/α-hetero) is 1. The van der Waals surface area contributed by atoms with Gasteiger partial charge in [0.1, 0.15) is 6.10 Å². The maximum absolute atomic E-state index is 13.5. The summed E-state index contributed by atoms with van der Waals surface area (Å²) in [5.41, 5.74) is 7.05. The highest BCUT2D eigenvalue weighted by atomic mass is 16.5. The molecule has 1 aliphatic carbocycles. The number of ether oxygens (including phenoxy) is 1. The van der Waals surface area contributed by atoms with Crippen molar-refractivity contribution in [2.24, 2.45) is 12.8 Å². The van der Waals surface area contributed by atoms with Crippen molar-refractivity contribution in [1.82, 2.24) is 18.7 Å². The van der Waals surface area contributed by atoms with Crippen molar-refractivity contribution in [1.29, 1.82) is 0 Å². The molecule has 1 fully saturated rings. The van der Waals surface area contributed by atoms with Crippen molar-refractivity contribution in [3.8, 4) is 6.01 Å². The second-order valence-electron chi connectivity index (χ2n) is 9.09. The minimum atomic E-state index is -0.602. The molecule has 2 heterocycles. The van der Waals surface area contributed by atoms with Crippen molar-refractivity contribution in [2.45, 2.75) is 64.8 Å². The zero-order chi connectivity index (χ0) is 24.4. The first kappa shape index (κ1) is 23.7. The second kappa shape index (κ2) is 9.80. The molecule has 0 saturated heterocycles. The van der Waals surface area contributed by atoms with Crippen LogP contribution < -0.4 is 21.7 Å². The third kappa shape index (κ3) is 4.61. The standard InChI is InChI=1S/C25H31N5O4/c1-16(2)13-14-29-21-22(27-24(29)34-20-12-8-7-11-18(20)26)28(3)25(33)30(23(21)32)15-19(31)17-9-5-4-6-10-17/h4-6,9-10,13,18,20H,7-8,11-12,14-15,26H2,1-3H3. The molecule has 34 heavy (non-hydrogen) atoms. The number of aryl methyl sites for hydroxylation is 1. The fourth-order valence-corrected chi connectivity index (χ4v) is 4.29. The molecule has 2 unspecified atom stereocenters. The zero-order valence-electron chi connectivity index (χ0n) is 19.9. The molecular formula is C25H31N5O4. The maximum Gasteiger partial charge on any atom is 0.332 e. The fourth-order valence-electron chi connectivity index (χ4n) is 4.29. The Morgan fingerprint density at radius 3 is 2.53 bits per heavy atom. The van der Waals surface area contributed by atoms with Crippen LogP contribution in [0.3, 0.4) is 0 Å². The minimum Gasteiger partial charge on any atom is -0.460 e. The summed E-state index contributed by atoms with van der Waals surface area (Å²) in [7, 11) is 1.54. The molecule has 9 heteroatoms. The lowest BCUT2D eigenvalue weighted by Crippen LogP contribution is -2.42. The van der Waals surface area contributed by atoms with Gasteiger partial charge < -0.3 is 10.5 Å². The number of nitrogens with two attached hydrogens (primary N) is 1. The summed E-state index contributed by atoms with van der Waals surface area (Å²) in [6, 6.07) is 8.75. The Bertz CT molecular complexity index is 1350. The lowest BCUT2D eigenvalue weighted by Gasteiger charge is -2.28. The third-order valence-electron chi connectivity index (χ3n) is 6.29. The number of imidazole rings is 1. The Labute approximate surface area is 197 Å². The number of benzene rings is 1. The molecule has 2 N–H and O–H groups in total. The van der Waals surface area contributed by atoms with Crippen molar-refractivity contribution >= 4 is 16.9 Å². The number of fused-ring (bicyclic) bond motifs is 1. The van der Waals surface area contributed by atoms with Gasteiger partial charge in [-0.3, -0.25) is 23.3 Å². The van der Waals surface area contributed by atoms with Gasteiger partial charge in [0.15, 0.2) is 16.9 Å². The molecular weight excluding hydrogens is 434 g/mol. The van der Waals surface area contributed by atoms with Crippen LogP contribution in [0.15, 0.2) is 51.6 Å². The minimum absolute atomic E-state index is 0.116. The van der Waals surface area contributed by atoms with Gasteiger partial charge in [0.2, 0.25) is 0 Å². The van der Waals surface area contributed by atoms with Crippen molar-refractivity contribution in [2.75, 3.05) is 0 Å². The molecule has 0 aliphatic heterocycles. The quantitative estimate of drug-likeness (QED) is 0.423. The molecule has 1 aromatic carbocycles. The molecule has 0 bridgehead atoms. The number of aromatic nitrogens is 4. The van der Waals surface area contributed by atoms with Crippen molar-refractivity contribution in [3.63, 3.8) is 0 Å². The SMILES string of the molecule is CC(C)=CCn1c(OC2CCCCC2N)nc2c1c(=O)n(CC(=O)c1ccccc1)c(=O)n2C. The van der Waals surface area contributed by atoms with Gasteiger partial charge in [-0.1, -0.05) is 48.4 Å². The van der Waals surface area contributed by atoms with E-state index in [1.807, 2.05) is 19.9 Å². The summed E-state index contributed by atoms with van der Waals surface area (Å²) in [5, 5.41) is 0. The van der Waals surface area contributed by atoms with Gasteiger partial charge in [-0.25, -0.2) is 4.79 Å². The normalized spacial score (nSPS) is 18.1. The average Bonchev–Trinajstić information content (AvgIpc) is 3.19. The van der Waals surface area contributed by atoms with Gasteiger partial charge in [0.25, 0.3) is 11.6 Å². The van der Waals surface area contributed by atoms with Crippen LogP contribution in [0, 0.1) is 0 Å². The van der Waals surface area contributed by atoms with Crippen molar-refractivity contribution < 1.29 is 9.53 Å². The number of allylic oxidation sites excluding steroid dienone is 2. The highest BCUT2D eigenvalue weighted by Gasteiger charge is 2.28. The summed E-state index contributed by atoms with van der Waals surface area (Å²) < 4.78 is 10.2. The van der Waals surface area contributed by atoms with Gasteiger partial charge in [0, 0.05) is 25.2 Å². The molecule has 2 aromatic heterocycles. The van der Waals surface area contributed by atoms with Crippen LogP contribution in [0.4, 0.5) is 0 Å². The molecule has 0 spiro atoms. The zero-order valence-corrected chi connectivity index (χ0v) is 19.9. The smallest absolute Gasteiger partial charge is 0.332 e. The number of hydrogen-bond acceptors (Lipinski definition) is 6. The van der Waals surface area contributed by atoms with E-state index in [1.165, 1.54) is 4.57 Å². The topological polar surface area (TPSA) is 114 Å². The van der Waals surface area contributed by atoms with Gasteiger partial charge >= 0.3 is 5.69 Å². The highest BCUT2D eigenvalue weighted by Crippen LogP contribution is 2.25. The molecule has 3 aromatic rings. The molecule has 4 rings (SSSR count). The lowest BCUT2D eigenvalue weighted by atomic mass is 9.93. The Morgan fingerprint density at radius 2 is 1.85 bits per heavy atom. The van der Waals surface area contributed by atoms with E-state index in [4.69, 9.17) is 10.5 Å². The number of ketones is 1. The van der Waals surface area contributed by atoms with Crippen LogP contribution in [0.1, 0.15) is 49.9 Å². The third-order valence-corrected chi connectivity index (χ3v) is 6.29. The molecule has 0 radical (unpaired) electrons. The van der Waals surface area contributed by atoms with E-state index < -0.39 is 11.2 Å². The predicted molar refractivity (Wildman–Crippen MR) is 130 cm³/mol. The number of nitrogens with zero attached hydrogens (tertiary/aromatic N) is 4. The first-order chi connectivity index (χ1) is 16.3. The van der Waals surface area contributed by atoms with Crippen LogP contribution in [0.25, 0.3) is 11.2 Å². The van der Waals surface area contributed by atoms with E-state index >= 15 is 0 Å². The van der Waals surface area contributed by atoms with Gasteiger partial charge in [0.05, 0.1) is 6.54 Å². The molecule has 1 aliphatic rings. The van der Waals surface area contributed by atoms with Crippen LogP contribution in [-0.4, -0.2) is 36.6 Å². The van der Waals surface area contributed by atoms with Crippen LogP contribution >= 0.6 is 0 Å². The summed E-state index contributed by atoms with van der Waals surface area (Å²) >= 11 is 0. The van der Waals surface area contributed by atoms with E-state index in [-0.39, 0.29) is 41.6 Å². The Kier molecular flexibility index (Phi) is 6.83. The highest BCUT2D eigenvalue weighted by molar-refractivity contribution is 5.95. The number of hydrogen-bond donors (Lipinski definition) is 1. The Hall–Kier alpha value is -3.46. The van der Waals surface area contributed by atoms with E-state index in [0.717, 1.165) is 35.8 Å². The summed E-state index contributed by atoms with van der Waals surface area (Å²) in [4.78, 5) is 43.9. The molecule has 180 valence electrons. The first-order valence-electron chi connectivity index (χ1n) is 11.6. The van der Waals surface area contributed by atoms with E-state index in [1.54, 1.807) is 41.9 Å². The number of rotatable bonds is 7. The van der Waals surface area contributed by atoms with Gasteiger partial charge in [-0.2, -0.15) is 4.98 Å². The summed E-state index contributed by atoms with van der Waals surface area (Å²) in [6.45, 7) is 3.91. The molecule has 1 saturated carbocycles. The first-order valence-corrected chi connectivity index (χ1v) is 11.6. The molecule has 2 atom stereocenters. The van der Waals surface area contributed by atoms with Crippen LogP contribution in [0.5, 0.6) is 6.01 Å². The van der Waals surface area contributed by atoms with Gasteiger partial charge in [-0.15, -0.1) is 0 Å². The van der Waals surface area contributed by atoms with Crippen LogP contribution in [-0.2, 0) is 20.1 Å². The summed E-state index contributed by atoms with van der Waals surface area (Å²) in [6.07, 6.45) is 5.49. The van der Waals surface area contributed by atoms with Gasteiger partial charge in [-0.05, 0) is 33.1 Å². The average molecular weight is 466 g/mol. The maximum atomic E-state index is 13.5. The Balaban J connectivity index is 1.84. The van der Waals surface area contributed by atoms with Crippen LogP contribution in [0.2, 0.25) is 0 Å². The largest absolute Gasteiger partial charge is 0.460 e. The van der Waals surface area contributed by atoms with Crippen molar-refractivity contribution in [3.05, 3.63) is 68.4 Å². The van der Waals surface area contributed by atoms with E-state index in [0.29, 0.717) is 12.1 Å². The molecule has 9 nitrogen and oxygen atoms in total. The fraction of sp³-hybridized carbons (Fsp3) is 0.440. The van der Waals surface area contributed by atoms with E-state index in [2.05, 4.69) is 4.98 Å². The monoisotopic (exact) mass is 465 g/mol.